The van der Waals surface area contributed by atoms with Crippen LogP contribution in [0.3, 0.4) is 0 Å². The number of aromatic nitrogens is 5. The van der Waals surface area contributed by atoms with Gasteiger partial charge in [-0.2, -0.15) is 28.2 Å². The fourth-order valence-corrected chi connectivity index (χ4v) is 2.97. The molecule has 31 heavy (non-hydrogen) atoms. The van der Waals surface area contributed by atoms with Crippen molar-refractivity contribution in [3.05, 3.63) is 59.7 Å². The maximum atomic E-state index is 13.3. The van der Waals surface area contributed by atoms with E-state index in [1.807, 2.05) is 19.9 Å². The molecule has 0 fully saturated rings. The third kappa shape index (κ3) is 5.16. The highest BCUT2D eigenvalue weighted by molar-refractivity contribution is 5.98. The van der Waals surface area contributed by atoms with Crippen molar-refractivity contribution in [2.45, 2.75) is 33.0 Å². The first kappa shape index (κ1) is 22.2. The van der Waals surface area contributed by atoms with Crippen LogP contribution in [0, 0.1) is 6.92 Å². The van der Waals surface area contributed by atoms with Gasteiger partial charge in [0.1, 0.15) is 6.61 Å². The van der Waals surface area contributed by atoms with Crippen molar-refractivity contribution in [2.75, 3.05) is 13.2 Å². The predicted molar refractivity (Wildman–Crippen MR) is 105 cm³/mol. The quantitative estimate of drug-likeness (QED) is 0.567. The van der Waals surface area contributed by atoms with Crippen LogP contribution in [-0.2, 0) is 6.18 Å². The normalized spacial score (nSPS) is 12.5. The van der Waals surface area contributed by atoms with Crippen molar-refractivity contribution >= 4 is 5.91 Å². The number of amides is 1. The summed E-state index contributed by atoms with van der Waals surface area (Å²) in [6, 6.07) is 4.80. The van der Waals surface area contributed by atoms with E-state index in [0.717, 1.165) is 5.56 Å². The van der Waals surface area contributed by atoms with E-state index in [9.17, 15) is 18.0 Å². The Morgan fingerprint density at radius 2 is 1.84 bits per heavy atom. The Morgan fingerprint density at radius 3 is 2.42 bits per heavy atom. The van der Waals surface area contributed by atoms with Gasteiger partial charge in [0.15, 0.2) is 0 Å². The Morgan fingerprint density at radius 1 is 1.19 bits per heavy atom. The van der Waals surface area contributed by atoms with Crippen molar-refractivity contribution in [1.82, 2.24) is 29.9 Å². The van der Waals surface area contributed by atoms with Crippen LogP contribution in [0.15, 0.2) is 43.0 Å². The smallest absolute Gasteiger partial charge is 0.419 e. The van der Waals surface area contributed by atoms with Gasteiger partial charge in [-0.15, -0.1) is 0 Å². The number of carbonyl (C=O) groups is 1. The maximum absolute atomic E-state index is 13.3. The number of hydrogen-bond donors (Lipinski definition) is 0. The molecule has 1 aromatic carbocycles. The zero-order chi connectivity index (χ0) is 22.6. The third-order valence-electron chi connectivity index (χ3n) is 4.56. The molecule has 0 N–H and O–H groups in total. The number of halogens is 3. The first-order valence-corrected chi connectivity index (χ1v) is 9.51. The lowest BCUT2D eigenvalue weighted by Crippen LogP contribution is -2.42. The van der Waals surface area contributed by atoms with Gasteiger partial charge in [-0.3, -0.25) is 4.79 Å². The summed E-state index contributed by atoms with van der Waals surface area (Å²) in [5.74, 6) is -0.247. The number of rotatable bonds is 7. The van der Waals surface area contributed by atoms with E-state index in [0.29, 0.717) is 30.2 Å². The molecular formula is C20H21F3N6O2. The summed E-state index contributed by atoms with van der Waals surface area (Å²) in [5.41, 5.74) is 0.906. The summed E-state index contributed by atoms with van der Waals surface area (Å²) in [4.78, 5) is 23.4. The highest BCUT2D eigenvalue weighted by Crippen LogP contribution is 2.28. The minimum Gasteiger partial charge on any atom is -0.461 e. The van der Waals surface area contributed by atoms with Crippen molar-refractivity contribution in [2.24, 2.45) is 0 Å². The standard InChI is InChI=1S/C20H21F3N6O2/c1-4-28(14(3)12-31-19-24-10-15(11-25-19)20(21,22)23)18(30)16-9-13(2)5-6-17(16)29-26-7-8-27-29/h5-11,14H,4,12H2,1-3H3/t14-/m0/s1. The molecule has 3 rings (SSSR count). The van der Waals surface area contributed by atoms with Gasteiger partial charge in [-0.1, -0.05) is 11.6 Å². The summed E-state index contributed by atoms with van der Waals surface area (Å²) >= 11 is 0. The van der Waals surface area contributed by atoms with Crippen LogP contribution in [0.4, 0.5) is 13.2 Å². The Balaban J connectivity index is 1.74. The zero-order valence-corrected chi connectivity index (χ0v) is 17.2. The van der Waals surface area contributed by atoms with E-state index in [2.05, 4.69) is 20.2 Å². The first-order chi connectivity index (χ1) is 14.7. The van der Waals surface area contributed by atoms with Crippen LogP contribution >= 0.6 is 0 Å². The van der Waals surface area contributed by atoms with Gasteiger partial charge < -0.3 is 9.64 Å². The van der Waals surface area contributed by atoms with Gasteiger partial charge in [0.05, 0.1) is 35.2 Å². The zero-order valence-electron chi connectivity index (χ0n) is 17.2. The predicted octanol–water partition coefficient (Wildman–Crippen LogP) is 3.31. The number of aryl methyl sites for hydroxylation is 1. The Bertz CT molecular complexity index is 1020. The Kier molecular flexibility index (Phi) is 6.52. The van der Waals surface area contributed by atoms with Crippen molar-refractivity contribution in [3.63, 3.8) is 0 Å². The van der Waals surface area contributed by atoms with Crippen LogP contribution in [0.1, 0.15) is 35.3 Å². The average Bonchev–Trinajstić information content (AvgIpc) is 3.27. The van der Waals surface area contributed by atoms with Crippen LogP contribution in [0.5, 0.6) is 6.01 Å². The number of likely N-dealkylation sites (N-methyl/N-ethyl adjacent to an activating group) is 1. The van der Waals surface area contributed by atoms with E-state index >= 15 is 0 Å². The van der Waals surface area contributed by atoms with Crippen LogP contribution < -0.4 is 4.74 Å². The largest absolute Gasteiger partial charge is 0.461 e. The number of carbonyl (C=O) groups excluding carboxylic acids is 1. The summed E-state index contributed by atoms with van der Waals surface area (Å²) in [6.07, 6.45) is -0.164. The molecule has 1 atom stereocenters. The molecule has 0 aliphatic rings. The molecule has 1 amide bonds. The molecule has 0 aliphatic carbocycles. The second kappa shape index (κ2) is 9.11. The highest BCUT2D eigenvalue weighted by atomic mass is 19.4. The second-order valence-corrected chi connectivity index (χ2v) is 6.84. The molecular weight excluding hydrogens is 413 g/mol. The van der Waals surface area contributed by atoms with E-state index in [-0.39, 0.29) is 18.5 Å². The summed E-state index contributed by atoms with van der Waals surface area (Å²) < 4.78 is 43.3. The van der Waals surface area contributed by atoms with Crippen LogP contribution in [-0.4, -0.2) is 55.0 Å². The van der Waals surface area contributed by atoms with Crippen LogP contribution in [0.2, 0.25) is 0 Å². The number of nitrogens with zero attached hydrogens (tertiary/aromatic N) is 6. The van der Waals surface area contributed by atoms with Gasteiger partial charge in [-0.05, 0) is 32.9 Å². The molecule has 0 saturated heterocycles. The maximum Gasteiger partial charge on any atom is 0.419 e. The lowest BCUT2D eigenvalue weighted by Gasteiger charge is -2.28. The SMILES string of the molecule is CCN(C(=O)c1cc(C)ccc1-n1nccn1)[C@@H](C)COc1ncc(C(F)(F)F)cn1. The number of ether oxygens (including phenoxy) is 1. The monoisotopic (exact) mass is 434 g/mol. The minimum atomic E-state index is -4.52. The molecule has 2 aromatic heterocycles. The van der Waals surface area contributed by atoms with Gasteiger partial charge in [0, 0.05) is 18.9 Å². The number of benzene rings is 1. The van der Waals surface area contributed by atoms with Crippen molar-refractivity contribution in [3.8, 4) is 11.7 Å². The topological polar surface area (TPSA) is 86.0 Å². The molecule has 11 heteroatoms. The summed E-state index contributed by atoms with van der Waals surface area (Å²) in [6.45, 7) is 5.86. The molecule has 0 bridgehead atoms. The van der Waals surface area contributed by atoms with Crippen LogP contribution in [0.25, 0.3) is 5.69 Å². The second-order valence-electron chi connectivity index (χ2n) is 6.84. The molecule has 0 aliphatic heterocycles. The molecule has 3 aromatic rings. The van der Waals surface area contributed by atoms with Gasteiger partial charge in [-0.25, -0.2) is 9.97 Å². The fraction of sp³-hybridized carbons (Fsp3) is 0.350. The van der Waals surface area contributed by atoms with Crippen molar-refractivity contribution in [1.29, 1.82) is 0 Å². The molecule has 164 valence electrons. The summed E-state index contributed by atoms with van der Waals surface area (Å²) in [7, 11) is 0. The molecule has 0 radical (unpaired) electrons. The molecule has 0 spiro atoms. The molecule has 8 nitrogen and oxygen atoms in total. The van der Waals surface area contributed by atoms with E-state index < -0.39 is 17.8 Å². The Hall–Kier alpha value is -3.50. The molecule has 2 heterocycles. The summed E-state index contributed by atoms with van der Waals surface area (Å²) in [5, 5.41) is 8.21. The van der Waals surface area contributed by atoms with Gasteiger partial charge >= 0.3 is 12.2 Å². The van der Waals surface area contributed by atoms with Crippen molar-refractivity contribution < 1.29 is 22.7 Å². The highest BCUT2D eigenvalue weighted by Gasteiger charge is 2.31. The lowest BCUT2D eigenvalue weighted by molar-refractivity contribution is -0.138. The number of alkyl halides is 3. The minimum absolute atomic E-state index is 0.00606. The van der Waals surface area contributed by atoms with E-state index in [1.54, 1.807) is 24.0 Å². The lowest BCUT2D eigenvalue weighted by atomic mass is 10.1. The van der Waals surface area contributed by atoms with E-state index in [4.69, 9.17) is 4.74 Å². The Labute approximate surface area is 176 Å². The molecule has 0 saturated carbocycles. The van der Waals surface area contributed by atoms with Gasteiger partial charge in [0.2, 0.25) is 0 Å². The van der Waals surface area contributed by atoms with E-state index in [1.165, 1.54) is 17.2 Å². The van der Waals surface area contributed by atoms with Gasteiger partial charge in [0.25, 0.3) is 5.91 Å². The first-order valence-electron chi connectivity index (χ1n) is 9.51. The number of hydrogen-bond acceptors (Lipinski definition) is 6. The molecule has 0 unspecified atom stereocenters. The third-order valence-corrected chi connectivity index (χ3v) is 4.56. The fourth-order valence-electron chi connectivity index (χ4n) is 2.97. The average molecular weight is 434 g/mol.